The fraction of sp³-hybridized carbons (Fsp3) is 0.500. The summed E-state index contributed by atoms with van der Waals surface area (Å²) in [6.45, 7) is 2.36. The molecule has 0 amide bonds. The Balaban J connectivity index is 2.18. The molecule has 1 fully saturated rings. The third-order valence-electron chi connectivity index (χ3n) is 3.52. The molecule has 0 heterocycles. The van der Waals surface area contributed by atoms with Gasteiger partial charge in [-0.25, -0.2) is 4.39 Å². The number of hydrogen-bond donors (Lipinski definition) is 2. The maximum absolute atomic E-state index is 13.3. The number of halogens is 1. The van der Waals surface area contributed by atoms with Crippen molar-refractivity contribution < 1.29 is 19.4 Å². The molecule has 1 unspecified atom stereocenters. The number of carboxylic acid groups (broad SMARTS) is 1. The van der Waals surface area contributed by atoms with E-state index in [0.717, 1.165) is 12.8 Å². The van der Waals surface area contributed by atoms with Crippen molar-refractivity contribution in [2.45, 2.75) is 25.8 Å². The first kappa shape index (κ1) is 13.8. The van der Waals surface area contributed by atoms with E-state index < -0.39 is 11.8 Å². The highest BCUT2D eigenvalue weighted by atomic mass is 19.1. The van der Waals surface area contributed by atoms with Gasteiger partial charge in [0.05, 0.1) is 6.54 Å². The molecule has 0 spiro atoms. The number of aliphatic carboxylic acids is 1. The second-order valence-corrected chi connectivity index (χ2v) is 5.15. The zero-order chi connectivity index (χ0) is 14.0. The molecule has 0 aliphatic heterocycles. The summed E-state index contributed by atoms with van der Waals surface area (Å²) in [7, 11) is 0. The van der Waals surface area contributed by atoms with Gasteiger partial charge >= 0.3 is 5.97 Å². The minimum absolute atomic E-state index is 0.0000794. The highest BCUT2D eigenvalue weighted by Crippen LogP contribution is 2.34. The van der Waals surface area contributed by atoms with Crippen LogP contribution in [0.15, 0.2) is 18.2 Å². The van der Waals surface area contributed by atoms with Crippen LogP contribution in [0.2, 0.25) is 0 Å². The first-order valence-corrected chi connectivity index (χ1v) is 6.41. The molecule has 1 saturated carbocycles. The summed E-state index contributed by atoms with van der Waals surface area (Å²) < 4.78 is 13.3. The number of phenolic OH excluding ortho intramolecular Hbond substituents is 1. The van der Waals surface area contributed by atoms with Crippen LogP contribution in [-0.2, 0) is 4.79 Å². The summed E-state index contributed by atoms with van der Waals surface area (Å²) in [6.07, 6.45) is 2.22. The fourth-order valence-electron chi connectivity index (χ4n) is 2.22. The van der Waals surface area contributed by atoms with E-state index in [9.17, 15) is 14.3 Å². The number of aromatic hydroxyl groups is 1. The van der Waals surface area contributed by atoms with Crippen LogP contribution in [0.3, 0.4) is 0 Å². The van der Waals surface area contributed by atoms with Gasteiger partial charge in [-0.3, -0.25) is 9.69 Å². The van der Waals surface area contributed by atoms with Crippen LogP contribution in [0, 0.1) is 11.7 Å². The molecule has 1 aromatic rings. The Bertz CT molecular complexity index is 474. The van der Waals surface area contributed by atoms with E-state index in [1.54, 1.807) is 11.8 Å². The Hall–Kier alpha value is -1.62. The second kappa shape index (κ2) is 5.57. The van der Waals surface area contributed by atoms with E-state index in [1.165, 1.54) is 18.2 Å². The third-order valence-corrected chi connectivity index (χ3v) is 3.52. The summed E-state index contributed by atoms with van der Waals surface area (Å²) in [5.74, 6) is -0.817. The molecule has 104 valence electrons. The smallest absolute Gasteiger partial charge is 0.317 e. The third kappa shape index (κ3) is 3.67. The van der Waals surface area contributed by atoms with Crippen molar-refractivity contribution in [2.75, 3.05) is 13.1 Å². The predicted molar refractivity (Wildman–Crippen MR) is 68.4 cm³/mol. The lowest BCUT2D eigenvalue weighted by molar-refractivity contribution is -0.139. The molecule has 1 atom stereocenters. The van der Waals surface area contributed by atoms with Crippen LogP contribution in [0.25, 0.3) is 0 Å². The van der Waals surface area contributed by atoms with Crippen molar-refractivity contribution in [3.8, 4) is 5.75 Å². The van der Waals surface area contributed by atoms with Crippen molar-refractivity contribution in [3.63, 3.8) is 0 Å². The van der Waals surface area contributed by atoms with Gasteiger partial charge in [-0.2, -0.15) is 0 Å². The van der Waals surface area contributed by atoms with Crippen LogP contribution in [-0.4, -0.2) is 34.2 Å². The van der Waals surface area contributed by atoms with Gasteiger partial charge < -0.3 is 10.2 Å². The summed E-state index contributed by atoms with van der Waals surface area (Å²) in [4.78, 5) is 12.7. The van der Waals surface area contributed by atoms with Crippen molar-refractivity contribution in [1.29, 1.82) is 0 Å². The van der Waals surface area contributed by atoms with Gasteiger partial charge in [0, 0.05) is 18.2 Å². The van der Waals surface area contributed by atoms with Crippen molar-refractivity contribution in [1.82, 2.24) is 4.90 Å². The zero-order valence-corrected chi connectivity index (χ0v) is 10.8. The molecule has 19 heavy (non-hydrogen) atoms. The molecule has 1 aliphatic rings. The Labute approximate surface area is 111 Å². The van der Waals surface area contributed by atoms with Gasteiger partial charge in [-0.05, 0) is 43.9 Å². The monoisotopic (exact) mass is 267 g/mol. The Kier molecular flexibility index (Phi) is 4.04. The molecule has 0 saturated heterocycles. The van der Waals surface area contributed by atoms with Gasteiger partial charge in [-0.1, -0.05) is 0 Å². The molecule has 4 nitrogen and oxygen atoms in total. The zero-order valence-electron chi connectivity index (χ0n) is 10.8. The molecule has 0 bridgehead atoms. The number of phenols is 1. The Morgan fingerprint density at radius 1 is 1.53 bits per heavy atom. The van der Waals surface area contributed by atoms with Gasteiger partial charge in [0.1, 0.15) is 11.6 Å². The van der Waals surface area contributed by atoms with Crippen molar-refractivity contribution >= 4 is 5.97 Å². The lowest BCUT2D eigenvalue weighted by Crippen LogP contribution is -2.34. The maximum atomic E-state index is 13.3. The van der Waals surface area contributed by atoms with E-state index >= 15 is 0 Å². The highest BCUT2D eigenvalue weighted by molar-refractivity contribution is 5.69. The summed E-state index contributed by atoms with van der Waals surface area (Å²) in [6, 6.07) is 3.43. The second-order valence-electron chi connectivity index (χ2n) is 5.15. The number of nitrogens with zero attached hydrogens (tertiary/aromatic N) is 1. The van der Waals surface area contributed by atoms with E-state index in [4.69, 9.17) is 5.11 Å². The first-order valence-electron chi connectivity index (χ1n) is 6.41. The minimum Gasteiger partial charge on any atom is -0.508 e. The van der Waals surface area contributed by atoms with Crippen LogP contribution < -0.4 is 0 Å². The molecule has 2 rings (SSSR count). The normalized spacial score (nSPS) is 16.6. The Morgan fingerprint density at radius 3 is 2.79 bits per heavy atom. The number of carboxylic acids is 1. The number of rotatable bonds is 6. The first-order chi connectivity index (χ1) is 8.97. The molecule has 1 aromatic carbocycles. The topological polar surface area (TPSA) is 60.8 Å². The van der Waals surface area contributed by atoms with Crippen LogP contribution in [0.5, 0.6) is 5.75 Å². The largest absolute Gasteiger partial charge is 0.508 e. The SMILES string of the molecule is CC(c1cc(F)ccc1O)N(CC(=O)O)CC1CC1. The average Bonchev–Trinajstić information content (AvgIpc) is 3.14. The number of carbonyl (C=O) groups is 1. The standard InChI is InChI=1S/C14H18FNO3/c1-9(12-6-11(15)4-5-13(12)17)16(8-14(18)19)7-10-2-3-10/h4-6,9-10,17H,2-3,7-8H2,1H3,(H,18,19). The lowest BCUT2D eigenvalue weighted by Gasteiger charge is -2.28. The van der Waals surface area contributed by atoms with Crippen LogP contribution in [0.4, 0.5) is 4.39 Å². The molecule has 0 radical (unpaired) electrons. The van der Waals surface area contributed by atoms with Gasteiger partial charge in [0.15, 0.2) is 0 Å². The predicted octanol–water partition coefficient (Wildman–Crippen LogP) is 2.39. The molecule has 2 N–H and O–H groups in total. The number of hydrogen-bond acceptors (Lipinski definition) is 3. The van der Waals surface area contributed by atoms with Gasteiger partial charge in [-0.15, -0.1) is 0 Å². The van der Waals surface area contributed by atoms with Crippen molar-refractivity contribution in [2.24, 2.45) is 5.92 Å². The lowest BCUT2D eigenvalue weighted by atomic mass is 10.0. The van der Waals surface area contributed by atoms with Gasteiger partial charge in [0.25, 0.3) is 0 Å². The van der Waals surface area contributed by atoms with E-state index in [0.29, 0.717) is 18.0 Å². The van der Waals surface area contributed by atoms with Crippen LogP contribution in [0.1, 0.15) is 31.4 Å². The summed E-state index contributed by atoms with van der Waals surface area (Å²) in [5, 5.41) is 18.8. The summed E-state index contributed by atoms with van der Waals surface area (Å²) >= 11 is 0. The van der Waals surface area contributed by atoms with Gasteiger partial charge in [0.2, 0.25) is 0 Å². The van der Waals surface area contributed by atoms with E-state index in [2.05, 4.69) is 0 Å². The minimum atomic E-state index is -0.914. The molecule has 5 heteroatoms. The highest BCUT2D eigenvalue weighted by Gasteiger charge is 2.29. The molecule has 0 aromatic heterocycles. The van der Waals surface area contributed by atoms with Crippen molar-refractivity contribution in [3.05, 3.63) is 29.6 Å². The average molecular weight is 267 g/mol. The molecular weight excluding hydrogens is 249 g/mol. The molecule has 1 aliphatic carbocycles. The molecular formula is C14H18FNO3. The number of benzene rings is 1. The Morgan fingerprint density at radius 2 is 2.21 bits per heavy atom. The fourth-order valence-corrected chi connectivity index (χ4v) is 2.22. The summed E-state index contributed by atoms with van der Waals surface area (Å²) in [5.41, 5.74) is 0.432. The van der Waals surface area contributed by atoms with E-state index in [1.807, 2.05) is 0 Å². The quantitative estimate of drug-likeness (QED) is 0.830. The van der Waals surface area contributed by atoms with E-state index in [-0.39, 0.29) is 18.3 Å². The maximum Gasteiger partial charge on any atom is 0.317 e. The van der Waals surface area contributed by atoms with Crippen LogP contribution >= 0.6 is 0 Å².